The minimum atomic E-state index is 1.22. The molecule has 0 fully saturated rings. The Labute approximate surface area is 268 Å². The molecule has 46 heavy (non-hydrogen) atoms. The Bertz CT molecular complexity index is 2510. The second-order valence-corrected chi connectivity index (χ2v) is 12.1. The summed E-state index contributed by atoms with van der Waals surface area (Å²) in [6.07, 6.45) is 0. The van der Waals surface area contributed by atoms with Crippen LogP contribution in [0.15, 0.2) is 182 Å². The average Bonchev–Trinajstić information content (AvgIpc) is 3.13. The van der Waals surface area contributed by atoms with Crippen molar-refractivity contribution in [1.82, 2.24) is 0 Å². The second-order valence-electron chi connectivity index (χ2n) is 12.1. The van der Waals surface area contributed by atoms with Crippen molar-refractivity contribution in [3.8, 4) is 44.5 Å². The molecule has 0 aliphatic rings. The molecule has 0 aliphatic heterocycles. The predicted molar refractivity (Wildman–Crippen MR) is 198 cm³/mol. The summed E-state index contributed by atoms with van der Waals surface area (Å²) in [6.45, 7) is 0. The third-order valence-corrected chi connectivity index (χ3v) is 9.44. The largest absolute Gasteiger partial charge is 0.0616 e. The van der Waals surface area contributed by atoms with Gasteiger partial charge in [-0.25, -0.2) is 0 Å². The lowest BCUT2D eigenvalue weighted by Crippen LogP contribution is -1.92. The van der Waals surface area contributed by atoms with Gasteiger partial charge in [-0.3, -0.25) is 0 Å². The van der Waals surface area contributed by atoms with Crippen LogP contribution in [0.3, 0.4) is 0 Å². The molecule has 0 saturated carbocycles. The molecule has 9 aromatic rings. The fourth-order valence-corrected chi connectivity index (χ4v) is 7.25. The van der Waals surface area contributed by atoms with Crippen LogP contribution in [-0.4, -0.2) is 0 Å². The highest BCUT2D eigenvalue weighted by atomic mass is 14.2. The third kappa shape index (κ3) is 4.38. The summed E-state index contributed by atoms with van der Waals surface area (Å²) >= 11 is 0. The standard InChI is InChI=1S/C46H30/c1-2-13-35-29-37(28-27-31(35)11-1)33-25-23-32(24-26-33)36-15-9-16-38(30-36)45-41-18-5-7-20-43(41)46(44-21-8-6-19-42(44)45)40-22-10-14-34-12-3-4-17-39(34)40/h1-30H. The molecule has 0 N–H and O–H groups in total. The van der Waals surface area contributed by atoms with Gasteiger partial charge in [-0.1, -0.05) is 170 Å². The molecule has 0 atom stereocenters. The minimum Gasteiger partial charge on any atom is -0.0616 e. The van der Waals surface area contributed by atoms with Crippen LogP contribution in [0.25, 0.3) is 87.6 Å². The molecule has 0 bridgehead atoms. The van der Waals surface area contributed by atoms with E-state index < -0.39 is 0 Å². The van der Waals surface area contributed by atoms with Gasteiger partial charge in [0.15, 0.2) is 0 Å². The predicted octanol–water partition coefficient (Wildman–Crippen LogP) is 13.0. The number of benzene rings is 9. The van der Waals surface area contributed by atoms with Gasteiger partial charge in [0.25, 0.3) is 0 Å². The van der Waals surface area contributed by atoms with Crippen molar-refractivity contribution in [1.29, 1.82) is 0 Å². The van der Waals surface area contributed by atoms with E-state index in [0.717, 1.165) is 0 Å². The molecular weight excluding hydrogens is 553 g/mol. The van der Waals surface area contributed by atoms with Crippen LogP contribution in [0, 0.1) is 0 Å². The van der Waals surface area contributed by atoms with Gasteiger partial charge in [0.2, 0.25) is 0 Å². The molecule has 0 amide bonds. The highest BCUT2D eigenvalue weighted by Gasteiger charge is 2.18. The van der Waals surface area contributed by atoms with E-state index in [2.05, 4.69) is 182 Å². The summed E-state index contributed by atoms with van der Waals surface area (Å²) < 4.78 is 0. The first kappa shape index (κ1) is 26.4. The van der Waals surface area contributed by atoms with Crippen molar-refractivity contribution in [3.63, 3.8) is 0 Å². The highest BCUT2D eigenvalue weighted by Crippen LogP contribution is 2.45. The minimum absolute atomic E-state index is 1.22. The van der Waals surface area contributed by atoms with Crippen LogP contribution in [0.5, 0.6) is 0 Å². The number of hydrogen-bond acceptors (Lipinski definition) is 0. The Kier molecular flexibility index (Phi) is 6.25. The molecule has 9 rings (SSSR count). The van der Waals surface area contributed by atoms with Gasteiger partial charge >= 0.3 is 0 Å². The Morgan fingerprint density at radius 2 is 0.674 bits per heavy atom. The number of rotatable bonds is 4. The lowest BCUT2D eigenvalue weighted by Gasteiger charge is -2.19. The lowest BCUT2D eigenvalue weighted by molar-refractivity contribution is 1.59. The summed E-state index contributed by atoms with van der Waals surface area (Å²) in [4.78, 5) is 0. The highest BCUT2D eigenvalue weighted by molar-refractivity contribution is 6.23. The van der Waals surface area contributed by atoms with Crippen molar-refractivity contribution in [2.24, 2.45) is 0 Å². The van der Waals surface area contributed by atoms with Gasteiger partial charge in [0, 0.05) is 0 Å². The van der Waals surface area contributed by atoms with Crippen molar-refractivity contribution >= 4 is 43.1 Å². The van der Waals surface area contributed by atoms with Crippen molar-refractivity contribution in [2.75, 3.05) is 0 Å². The third-order valence-electron chi connectivity index (χ3n) is 9.44. The first-order chi connectivity index (χ1) is 22.8. The van der Waals surface area contributed by atoms with Crippen LogP contribution in [0.4, 0.5) is 0 Å². The molecule has 0 spiro atoms. The maximum Gasteiger partial charge on any atom is -0.00201 e. The van der Waals surface area contributed by atoms with E-state index in [-0.39, 0.29) is 0 Å². The van der Waals surface area contributed by atoms with Crippen LogP contribution < -0.4 is 0 Å². The van der Waals surface area contributed by atoms with E-state index in [9.17, 15) is 0 Å². The maximum atomic E-state index is 2.36. The Balaban J connectivity index is 1.20. The van der Waals surface area contributed by atoms with Gasteiger partial charge in [-0.05, 0) is 99.7 Å². The first-order valence-corrected chi connectivity index (χ1v) is 15.9. The van der Waals surface area contributed by atoms with E-state index in [4.69, 9.17) is 0 Å². The van der Waals surface area contributed by atoms with E-state index in [1.807, 2.05) is 0 Å². The molecule has 214 valence electrons. The monoisotopic (exact) mass is 582 g/mol. The zero-order valence-electron chi connectivity index (χ0n) is 25.3. The van der Waals surface area contributed by atoms with Crippen molar-refractivity contribution in [2.45, 2.75) is 0 Å². The zero-order chi connectivity index (χ0) is 30.5. The topological polar surface area (TPSA) is 0 Å². The molecule has 0 aromatic heterocycles. The lowest BCUT2D eigenvalue weighted by atomic mass is 9.84. The van der Waals surface area contributed by atoms with Gasteiger partial charge in [0.1, 0.15) is 0 Å². The number of hydrogen-bond donors (Lipinski definition) is 0. The summed E-state index contributed by atoms with van der Waals surface area (Å²) in [5, 5.41) is 10.2. The molecule has 0 nitrogen and oxygen atoms in total. The molecule has 0 radical (unpaired) electrons. The Morgan fingerprint density at radius 3 is 1.35 bits per heavy atom. The van der Waals surface area contributed by atoms with Crippen LogP contribution in [0.1, 0.15) is 0 Å². The van der Waals surface area contributed by atoms with Gasteiger partial charge in [-0.2, -0.15) is 0 Å². The van der Waals surface area contributed by atoms with Gasteiger partial charge in [0.05, 0.1) is 0 Å². The van der Waals surface area contributed by atoms with Gasteiger partial charge in [-0.15, -0.1) is 0 Å². The zero-order valence-corrected chi connectivity index (χ0v) is 25.3. The Hall–Kier alpha value is -5.98. The molecule has 0 unspecified atom stereocenters. The molecule has 9 aromatic carbocycles. The average molecular weight is 583 g/mol. The fourth-order valence-electron chi connectivity index (χ4n) is 7.25. The van der Waals surface area contributed by atoms with Crippen molar-refractivity contribution < 1.29 is 0 Å². The van der Waals surface area contributed by atoms with E-state index in [1.165, 1.54) is 87.6 Å². The van der Waals surface area contributed by atoms with E-state index in [0.29, 0.717) is 0 Å². The summed E-state index contributed by atoms with van der Waals surface area (Å²) in [7, 11) is 0. The van der Waals surface area contributed by atoms with Crippen molar-refractivity contribution in [3.05, 3.63) is 182 Å². The SMILES string of the molecule is c1cc(-c2ccc(-c3ccc4ccccc4c3)cc2)cc(-c2c3ccccc3c(-c3cccc4ccccc34)c3ccccc23)c1. The quantitative estimate of drug-likeness (QED) is 0.181. The summed E-state index contributed by atoms with van der Waals surface area (Å²) in [5.74, 6) is 0. The van der Waals surface area contributed by atoms with Gasteiger partial charge < -0.3 is 0 Å². The maximum absolute atomic E-state index is 2.36. The molecular formula is C46H30. The van der Waals surface area contributed by atoms with Crippen LogP contribution >= 0.6 is 0 Å². The normalized spacial score (nSPS) is 11.5. The molecule has 0 aliphatic carbocycles. The fraction of sp³-hybridized carbons (Fsp3) is 0. The number of fused-ring (bicyclic) bond motifs is 4. The summed E-state index contributed by atoms with van der Waals surface area (Å²) in [5.41, 5.74) is 9.98. The van der Waals surface area contributed by atoms with E-state index in [1.54, 1.807) is 0 Å². The smallest absolute Gasteiger partial charge is 0.00201 e. The van der Waals surface area contributed by atoms with Crippen LogP contribution in [0.2, 0.25) is 0 Å². The van der Waals surface area contributed by atoms with Crippen LogP contribution in [-0.2, 0) is 0 Å². The molecule has 0 saturated heterocycles. The Morgan fingerprint density at radius 1 is 0.217 bits per heavy atom. The molecule has 0 heterocycles. The van der Waals surface area contributed by atoms with E-state index >= 15 is 0 Å². The summed E-state index contributed by atoms with van der Waals surface area (Å²) in [6, 6.07) is 66.5. The second kappa shape index (κ2) is 10.9. The first-order valence-electron chi connectivity index (χ1n) is 15.9. The molecule has 0 heteroatoms.